The van der Waals surface area contributed by atoms with Gasteiger partial charge in [0.2, 0.25) is 0 Å². The first-order valence-corrected chi connectivity index (χ1v) is 6.03. The molecule has 16 heavy (non-hydrogen) atoms. The molecule has 1 aromatic heterocycles. The van der Waals surface area contributed by atoms with Crippen LogP contribution in [-0.4, -0.2) is 42.2 Å². The highest BCUT2D eigenvalue weighted by atomic mass is 32.1. The van der Waals surface area contributed by atoms with Crippen LogP contribution in [0, 0.1) is 0 Å². The van der Waals surface area contributed by atoms with Crippen molar-refractivity contribution in [3.8, 4) is 0 Å². The van der Waals surface area contributed by atoms with Crippen molar-refractivity contribution < 1.29 is 9.94 Å². The molecular formula is C10H15N3O2S. The van der Waals surface area contributed by atoms with Crippen molar-refractivity contribution in [3.63, 3.8) is 0 Å². The Kier molecular flexibility index (Phi) is 3.76. The van der Waals surface area contributed by atoms with E-state index in [0.29, 0.717) is 13.2 Å². The van der Waals surface area contributed by atoms with Crippen LogP contribution in [-0.2, 0) is 4.74 Å². The molecule has 88 valence electrons. The molecule has 0 aliphatic carbocycles. The van der Waals surface area contributed by atoms with Crippen molar-refractivity contribution in [3.05, 3.63) is 22.4 Å². The summed E-state index contributed by atoms with van der Waals surface area (Å²) in [5, 5.41) is 14.0. The van der Waals surface area contributed by atoms with Crippen LogP contribution in [0.3, 0.4) is 0 Å². The van der Waals surface area contributed by atoms with Gasteiger partial charge in [-0.05, 0) is 11.4 Å². The largest absolute Gasteiger partial charge is 0.409 e. The van der Waals surface area contributed by atoms with E-state index in [-0.39, 0.29) is 11.9 Å². The average molecular weight is 241 g/mol. The fourth-order valence-corrected chi connectivity index (χ4v) is 2.72. The average Bonchev–Trinajstić information content (AvgIpc) is 2.84. The van der Waals surface area contributed by atoms with Gasteiger partial charge in [0, 0.05) is 18.0 Å². The second-order valence-electron chi connectivity index (χ2n) is 3.59. The van der Waals surface area contributed by atoms with Crippen LogP contribution in [0.4, 0.5) is 0 Å². The van der Waals surface area contributed by atoms with Crippen molar-refractivity contribution in [2.75, 3.05) is 26.3 Å². The van der Waals surface area contributed by atoms with Crippen LogP contribution in [0.1, 0.15) is 10.9 Å². The summed E-state index contributed by atoms with van der Waals surface area (Å²) in [7, 11) is 0. The Morgan fingerprint density at radius 2 is 2.31 bits per heavy atom. The van der Waals surface area contributed by atoms with E-state index in [9.17, 15) is 0 Å². The Morgan fingerprint density at radius 3 is 2.88 bits per heavy atom. The van der Waals surface area contributed by atoms with Crippen LogP contribution in [0.2, 0.25) is 0 Å². The Labute approximate surface area is 98.1 Å². The molecule has 0 spiro atoms. The molecule has 2 heterocycles. The van der Waals surface area contributed by atoms with E-state index >= 15 is 0 Å². The monoisotopic (exact) mass is 241 g/mol. The van der Waals surface area contributed by atoms with Crippen molar-refractivity contribution in [1.29, 1.82) is 0 Å². The van der Waals surface area contributed by atoms with Crippen molar-refractivity contribution in [1.82, 2.24) is 4.90 Å². The molecule has 0 bridgehead atoms. The maximum absolute atomic E-state index is 8.84. The van der Waals surface area contributed by atoms with Gasteiger partial charge in [0.05, 0.1) is 13.2 Å². The lowest BCUT2D eigenvalue weighted by Crippen LogP contribution is -2.44. The van der Waals surface area contributed by atoms with E-state index in [1.54, 1.807) is 11.3 Å². The molecule has 1 aliphatic heterocycles. The number of amidine groups is 1. The molecule has 3 N–H and O–H groups in total. The predicted molar refractivity (Wildman–Crippen MR) is 62.9 cm³/mol. The van der Waals surface area contributed by atoms with E-state index in [2.05, 4.69) is 10.1 Å². The van der Waals surface area contributed by atoms with E-state index < -0.39 is 0 Å². The topological polar surface area (TPSA) is 71.1 Å². The minimum absolute atomic E-state index is 0.131. The van der Waals surface area contributed by atoms with E-state index in [1.165, 1.54) is 0 Å². The number of hydrogen-bond acceptors (Lipinski definition) is 5. The number of oxime groups is 1. The maximum atomic E-state index is 8.84. The first-order valence-electron chi connectivity index (χ1n) is 5.15. The van der Waals surface area contributed by atoms with Crippen LogP contribution in [0.5, 0.6) is 0 Å². The van der Waals surface area contributed by atoms with E-state index in [4.69, 9.17) is 15.7 Å². The Bertz CT molecular complexity index is 347. The molecule has 1 atom stereocenters. The number of rotatable bonds is 3. The summed E-state index contributed by atoms with van der Waals surface area (Å²) in [5.41, 5.74) is 5.76. The summed E-state index contributed by atoms with van der Waals surface area (Å²) < 4.78 is 5.30. The van der Waals surface area contributed by atoms with Crippen LogP contribution in [0.25, 0.3) is 0 Å². The lowest BCUT2D eigenvalue weighted by atomic mass is 10.1. The van der Waals surface area contributed by atoms with Gasteiger partial charge >= 0.3 is 0 Å². The zero-order valence-electron chi connectivity index (χ0n) is 8.87. The van der Waals surface area contributed by atoms with E-state index in [1.807, 2.05) is 17.5 Å². The standard InChI is InChI=1S/C10H15N3O2S/c11-10(12-14)9(8-2-1-7-16-8)13-3-5-15-6-4-13/h1-2,7,9,14H,3-6H2,(H2,11,12). The third kappa shape index (κ3) is 2.34. The third-order valence-corrected chi connectivity index (χ3v) is 3.54. The molecule has 5 nitrogen and oxygen atoms in total. The molecule has 0 saturated carbocycles. The Hall–Kier alpha value is -1.11. The van der Waals surface area contributed by atoms with Gasteiger partial charge in [-0.3, -0.25) is 4.90 Å². The molecule has 1 saturated heterocycles. The molecule has 1 unspecified atom stereocenters. The molecule has 0 aromatic carbocycles. The SMILES string of the molecule is N/C(=N\O)C(c1cccs1)N1CCOCC1. The highest BCUT2D eigenvalue weighted by molar-refractivity contribution is 7.10. The van der Waals surface area contributed by atoms with E-state index in [0.717, 1.165) is 18.0 Å². The van der Waals surface area contributed by atoms with Gasteiger partial charge in [-0.15, -0.1) is 11.3 Å². The normalized spacial score (nSPS) is 20.9. The quantitative estimate of drug-likeness (QED) is 0.356. The van der Waals surface area contributed by atoms with Crippen molar-refractivity contribution in [2.45, 2.75) is 6.04 Å². The fourth-order valence-electron chi connectivity index (χ4n) is 1.85. The number of ether oxygens (including phenoxy) is 1. The third-order valence-electron chi connectivity index (χ3n) is 2.62. The van der Waals surface area contributed by atoms with Gasteiger partial charge in [0.1, 0.15) is 6.04 Å². The second kappa shape index (κ2) is 5.29. The lowest BCUT2D eigenvalue weighted by molar-refractivity contribution is 0.0285. The second-order valence-corrected chi connectivity index (χ2v) is 4.57. The van der Waals surface area contributed by atoms with Gasteiger partial charge in [-0.25, -0.2) is 0 Å². The minimum atomic E-state index is -0.131. The van der Waals surface area contributed by atoms with Gasteiger partial charge in [0.15, 0.2) is 5.84 Å². The summed E-state index contributed by atoms with van der Waals surface area (Å²) in [6.45, 7) is 3.00. The number of nitrogens with zero attached hydrogens (tertiary/aromatic N) is 2. The summed E-state index contributed by atoms with van der Waals surface area (Å²) in [6, 6.07) is 3.84. The number of thiophene rings is 1. The van der Waals surface area contributed by atoms with Crippen molar-refractivity contribution in [2.24, 2.45) is 10.9 Å². The van der Waals surface area contributed by atoms with Crippen LogP contribution >= 0.6 is 11.3 Å². The Balaban J connectivity index is 2.20. The molecule has 2 rings (SSSR count). The van der Waals surface area contributed by atoms with Crippen molar-refractivity contribution >= 4 is 17.2 Å². The zero-order chi connectivity index (χ0) is 11.4. The molecule has 0 amide bonds. The summed E-state index contributed by atoms with van der Waals surface area (Å²) in [6.07, 6.45) is 0. The maximum Gasteiger partial charge on any atom is 0.161 e. The van der Waals surface area contributed by atoms with Crippen LogP contribution < -0.4 is 5.73 Å². The number of nitrogens with two attached hydrogens (primary N) is 1. The fraction of sp³-hybridized carbons (Fsp3) is 0.500. The molecule has 1 aliphatic rings. The van der Waals surface area contributed by atoms with Gasteiger partial charge in [-0.1, -0.05) is 11.2 Å². The van der Waals surface area contributed by atoms with Gasteiger partial charge in [-0.2, -0.15) is 0 Å². The first-order chi connectivity index (χ1) is 7.83. The summed E-state index contributed by atoms with van der Waals surface area (Å²) in [5.74, 6) is 0.240. The molecule has 6 heteroatoms. The highest BCUT2D eigenvalue weighted by Gasteiger charge is 2.26. The molecule has 0 radical (unpaired) electrons. The zero-order valence-corrected chi connectivity index (χ0v) is 9.69. The smallest absolute Gasteiger partial charge is 0.161 e. The molecule has 1 aromatic rings. The summed E-state index contributed by atoms with van der Waals surface area (Å²) in [4.78, 5) is 3.27. The Morgan fingerprint density at radius 1 is 1.56 bits per heavy atom. The molecule has 1 fully saturated rings. The van der Waals surface area contributed by atoms with Gasteiger partial charge < -0.3 is 15.7 Å². The van der Waals surface area contributed by atoms with Gasteiger partial charge in [0.25, 0.3) is 0 Å². The summed E-state index contributed by atoms with van der Waals surface area (Å²) >= 11 is 1.61. The lowest BCUT2D eigenvalue weighted by Gasteiger charge is -2.32. The number of morpholine rings is 1. The first kappa shape index (κ1) is 11.4. The molecular weight excluding hydrogens is 226 g/mol. The van der Waals surface area contributed by atoms with Crippen LogP contribution in [0.15, 0.2) is 22.7 Å². The highest BCUT2D eigenvalue weighted by Crippen LogP contribution is 2.25. The predicted octanol–water partition coefficient (Wildman–Crippen LogP) is 0.868. The number of hydrogen-bond donors (Lipinski definition) is 2. The minimum Gasteiger partial charge on any atom is -0.409 e.